The van der Waals surface area contributed by atoms with Crippen LogP contribution in [0.2, 0.25) is 0 Å². The van der Waals surface area contributed by atoms with Gasteiger partial charge in [0, 0.05) is 37.2 Å². The lowest BCUT2D eigenvalue weighted by atomic mass is 9.86. The Morgan fingerprint density at radius 3 is 2.15 bits per heavy atom. The lowest BCUT2D eigenvalue weighted by Gasteiger charge is -2.34. The van der Waals surface area contributed by atoms with Gasteiger partial charge in [-0.25, -0.2) is 4.98 Å². The van der Waals surface area contributed by atoms with Gasteiger partial charge in [-0.3, -0.25) is 4.90 Å². The van der Waals surface area contributed by atoms with Gasteiger partial charge in [0.15, 0.2) is 0 Å². The predicted octanol–water partition coefficient (Wildman–Crippen LogP) is 10.6. The van der Waals surface area contributed by atoms with Crippen molar-refractivity contribution < 1.29 is 26.3 Å². The molecule has 9 heteroatoms. The molecule has 0 radical (unpaired) electrons. The Balaban J connectivity index is 1.55. The van der Waals surface area contributed by atoms with Crippen LogP contribution in [0.3, 0.4) is 0 Å². The zero-order valence-corrected chi connectivity index (χ0v) is 27.3. The molecule has 2 aliphatic rings. The van der Waals surface area contributed by atoms with Gasteiger partial charge in [0.1, 0.15) is 5.82 Å². The van der Waals surface area contributed by atoms with Crippen molar-refractivity contribution in [1.82, 2.24) is 9.88 Å². The molecule has 0 bridgehead atoms. The van der Waals surface area contributed by atoms with Crippen molar-refractivity contribution in [3.05, 3.63) is 100 Å². The second kappa shape index (κ2) is 14.3. The highest BCUT2D eigenvalue weighted by molar-refractivity contribution is 5.72. The highest BCUT2D eigenvalue weighted by Gasteiger charge is 2.38. The summed E-state index contributed by atoms with van der Waals surface area (Å²) >= 11 is 0. The smallest absolute Gasteiger partial charge is 0.356 e. The molecule has 3 aromatic rings. The molecular weight excluding hydrogens is 612 g/mol. The number of nitrogens with zero attached hydrogens (tertiary/aromatic N) is 3. The summed E-state index contributed by atoms with van der Waals surface area (Å²) in [6, 6.07) is 12.4. The first-order valence-corrected chi connectivity index (χ1v) is 16.5. The van der Waals surface area contributed by atoms with Crippen molar-refractivity contribution in [2.75, 3.05) is 25.0 Å². The molecule has 252 valence electrons. The number of aromatic nitrogens is 1. The minimum atomic E-state index is -4.93. The Morgan fingerprint density at radius 1 is 0.936 bits per heavy atom. The molecule has 2 aromatic carbocycles. The maximum atomic E-state index is 13.8. The lowest BCUT2D eigenvalue weighted by molar-refractivity contribution is -0.143. The maximum Gasteiger partial charge on any atom is 0.416 e. The topological polar surface area (TPSA) is 19.4 Å². The summed E-state index contributed by atoms with van der Waals surface area (Å²) in [5.41, 5.74) is 5.50. The molecule has 1 saturated heterocycles. The summed E-state index contributed by atoms with van der Waals surface area (Å²) in [6.45, 7) is 9.74. The van der Waals surface area contributed by atoms with Crippen molar-refractivity contribution in [3.8, 4) is 11.1 Å². The van der Waals surface area contributed by atoms with Crippen molar-refractivity contribution in [1.29, 1.82) is 0 Å². The SMILES string of the molecule is C=C=CCC(c1cc(C(F)(F)F)cc(C(F)(F)F)c1)C(C)N(C)Cc1nc(N2CCC2)ccc1-c1cc(C2CCCC2)ccc1CC. The molecule has 0 N–H and O–H groups in total. The molecule has 5 rings (SSSR count). The molecule has 1 aromatic heterocycles. The second-order valence-electron chi connectivity index (χ2n) is 13.0. The number of hydrogen-bond donors (Lipinski definition) is 0. The number of allylic oxidation sites excluding steroid dienone is 1. The molecular formula is C38H43F6N3. The molecule has 0 amide bonds. The zero-order valence-electron chi connectivity index (χ0n) is 27.3. The summed E-state index contributed by atoms with van der Waals surface area (Å²) in [7, 11) is 1.85. The van der Waals surface area contributed by atoms with Crippen molar-refractivity contribution in [3.63, 3.8) is 0 Å². The lowest BCUT2D eigenvalue weighted by Crippen LogP contribution is -2.38. The van der Waals surface area contributed by atoms with E-state index >= 15 is 0 Å². The van der Waals surface area contributed by atoms with Crippen LogP contribution in [0.5, 0.6) is 0 Å². The fraction of sp³-hybridized carbons (Fsp3) is 0.474. The van der Waals surface area contributed by atoms with Gasteiger partial charge in [-0.15, -0.1) is 5.73 Å². The average Bonchev–Trinajstić information content (AvgIpc) is 3.54. The largest absolute Gasteiger partial charge is 0.416 e. The van der Waals surface area contributed by atoms with Gasteiger partial charge < -0.3 is 4.90 Å². The van der Waals surface area contributed by atoms with Crippen LogP contribution >= 0.6 is 0 Å². The van der Waals surface area contributed by atoms with Gasteiger partial charge in [0.05, 0.1) is 16.8 Å². The van der Waals surface area contributed by atoms with E-state index in [1.807, 2.05) is 18.9 Å². The van der Waals surface area contributed by atoms with Gasteiger partial charge in [0.25, 0.3) is 0 Å². The van der Waals surface area contributed by atoms with Crippen LogP contribution < -0.4 is 4.90 Å². The Labute approximate surface area is 274 Å². The van der Waals surface area contributed by atoms with Gasteiger partial charge in [-0.05, 0) is 111 Å². The van der Waals surface area contributed by atoms with Crippen LogP contribution in [-0.4, -0.2) is 36.1 Å². The van der Waals surface area contributed by atoms with E-state index < -0.39 is 35.4 Å². The number of aryl methyl sites for hydroxylation is 1. The average molecular weight is 656 g/mol. The monoisotopic (exact) mass is 655 g/mol. The first kappa shape index (κ1) is 34.8. The molecule has 1 aliphatic heterocycles. The van der Waals surface area contributed by atoms with Crippen LogP contribution in [0.1, 0.15) is 97.7 Å². The Kier molecular flexibility index (Phi) is 10.6. The third kappa shape index (κ3) is 7.95. The van der Waals surface area contributed by atoms with E-state index in [4.69, 9.17) is 4.98 Å². The maximum absolute atomic E-state index is 13.8. The van der Waals surface area contributed by atoms with E-state index in [0.717, 1.165) is 60.7 Å². The third-order valence-electron chi connectivity index (χ3n) is 10.0. The first-order valence-electron chi connectivity index (χ1n) is 16.5. The van der Waals surface area contributed by atoms with E-state index in [-0.39, 0.29) is 18.1 Å². The fourth-order valence-corrected chi connectivity index (χ4v) is 6.95. The summed E-state index contributed by atoms with van der Waals surface area (Å²) in [6.07, 6.45) is -1.37. The molecule has 3 nitrogen and oxygen atoms in total. The molecule has 2 heterocycles. The molecule has 2 atom stereocenters. The number of alkyl halides is 6. The van der Waals surface area contributed by atoms with E-state index in [2.05, 4.69) is 54.5 Å². The van der Waals surface area contributed by atoms with Crippen molar-refractivity contribution >= 4 is 5.82 Å². The minimum absolute atomic E-state index is 0.0296. The number of likely N-dealkylation sites (N-methyl/N-ethyl adjacent to an activating group) is 1. The standard InChI is InChI=1S/C38H43F6N3/c1-5-7-13-32(29-20-30(37(39,40)41)23-31(21-29)38(42,43)44)25(3)46(4)24-35-33(16-17-36(45-35)47-18-10-19-47)34-22-28(15-14-26(34)6-2)27-11-8-9-12-27/h7,14-17,20-23,25,27,32H,1,6,8-13,18-19,24H2,2-4H3. The number of pyridine rings is 1. The molecule has 2 fully saturated rings. The van der Waals surface area contributed by atoms with Gasteiger partial charge in [0.2, 0.25) is 0 Å². The van der Waals surface area contributed by atoms with Crippen LogP contribution in [0.4, 0.5) is 32.2 Å². The zero-order chi connectivity index (χ0) is 33.9. The summed E-state index contributed by atoms with van der Waals surface area (Å²) in [5.74, 6) is 0.711. The van der Waals surface area contributed by atoms with Gasteiger partial charge in [-0.1, -0.05) is 44.5 Å². The van der Waals surface area contributed by atoms with Crippen LogP contribution in [0, 0.1) is 0 Å². The molecule has 1 aliphatic carbocycles. The fourth-order valence-electron chi connectivity index (χ4n) is 6.95. The second-order valence-corrected chi connectivity index (χ2v) is 13.0. The molecule has 1 saturated carbocycles. The number of hydrogen-bond acceptors (Lipinski definition) is 3. The Morgan fingerprint density at radius 2 is 1.60 bits per heavy atom. The van der Waals surface area contributed by atoms with Crippen molar-refractivity contribution in [2.24, 2.45) is 0 Å². The Bertz CT molecular complexity index is 1560. The third-order valence-corrected chi connectivity index (χ3v) is 10.0. The van der Waals surface area contributed by atoms with Gasteiger partial charge in [-0.2, -0.15) is 26.3 Å². The number of anilines is 1. The predicted molar refractivity (Wildman–Crippen MR) is 176 cm³/mol. The van der Waals surface area contributed by atoms with Crippen molar-refractivity contribution in [2.45, 2.75) is 95.6 Å². The number of benzene rings is 2. The van der Waals surface area contributed by atoms with Gasteiger partial charge >= 0.3 is 12.4 Å². The van der Waals surface area contributed by atoms with E-state index in [1.54, 1.807) is 6.08 Å². The van der Waals surface area contributed by atoms with E-state index in [1.165, 1.54) is 36.8 Å². The van der Waals surface area contributed by atoms with Crippen LogP contribution in [0.25, 0.3) is 11.1 Å². The van der Waals surface area contributed by atoms with E-state index in [0.29, 0.717) is 12.5 Å². The summed E-state index contributed by atoms with van der Waals surface area (Å²) < 4.78 is 82.9. The quantitative estimate of drug-likeness (QED) is 0.151. The first-order chi connectivity index (χ1) is 22.3. The molecule has 2 unspecified atom stereocenters. The highest BCUT2D eigenvalue weighted by Crippen LogP contribution is 2.41. The minimum Gasteiger partial charge on any atom is -0.356 e. The normalized spacial score (nSPS) is 17.0. The summed E-state index contributed by atoms with van der Waals surface area (Å²) in [5, 5.41) is 0. The van der Waals surface area contributed by atoms with Crippen LogP contribution in [0.15, 0.2) is 66.9 Å². The highest BCUT2D eigenvalue weighted by atomic mass is 19.4. The Hall–Kier alpha value is -3.55. The van der Waals surface area contributed by atoms with E-state index in [9.17, 15) is 26.3 Å². The van der Waals surface area contributed by atoms with Crippen LogP contribution in [-0.2, 0) is 25.3 Å². The molecule has 47 heavy (non-hydrogen) atoms. The number of rotatable bonds is 11. The molecule has 0 spiro atoms. The summed E-state index contributed by atoms with van der Waals surface area (Å²) in [4.78, 5) is 9.33. The number of halogens is 6.